The summed E-state index contributed by atoms with van der Waals surface area (Å²) in [6.07, 6.45) is 1.05. The fraction of sp³-hybridized carbons (Fsp3) is 0.769. The smallest absolute Gasteiger partial charge is 0.0933 e. The number of rotatable bonds is 4. The Bertz CT molecular complexity index is 323. The molecule has 0 radical (unpaired) electrons. The van der Waals surface area contributed by atoms with Crippen LogP contribution in [0.2, 0.25) is 0 Å². The lowest BCUT2D eigenvalue weighted by molar-refractivity contribution is 0.409. The molecule has 1 aromatic heterocycles. The maximum absolute atomic E-state index is 5.81. The SMILES string of the molecule is CC(C)C(CN)c1csc(CC(C)(C)C)n1. The summed E-state index contributed by atoms with van der Waals surface area (Å²) >= 11 is 1.77. The van der Waals surface area contributed by atoms with E-state index in [0.717, 1.165) is 6.42 Å². The summed E-state index contributed by atoms with van der Waals surface area (Å²) in [5.41, 5.74) is 7.30. The van der Waals surface area contributed by atoms with Crippen molar-refractivity contribution in [2.24, 2.45) is 17.1 Å². The second-order valence-corrected chi connectivity index (χ2v) is 6.93. The van der Waals surface area contributed by atoms with Gasteiger partial charge in [-0.15, -0.1) is 11.3 Å². The molecule has 1 aromatic rings. The number of nitrogens with two attached hydrogens (primary N) is 1. The van der Waals surface area contributed by atoms with Crippen LogP contribution in [0, 0.1) is 11.3 Å². The lowest BCUT2D eigenvalue weighted by Crippen LogP contribution is -2.18. The van der Waals surface area contributed by atoms with Gasteiger partial charge in [0.1, 0.15) is 0 Å². The highest BCUT2D eigenvalue weighted by Gasteiger charge is 2.19. The third kappa shape index (κ3) is 3.87. The fourth-order valence-corrected chi connectivity index (χ4v) is 2.92. The molecule has 0 aliphatic heterocycles. The van der Waals surface area contributed by atoms with E-state index in [1.165, 1.54) is 10.7 Å². The minimum Gasteiger partial charge on any atom is -0.330 e. The third-order valence-corrected chi connectivity index (χ3v) is 3.56. The van der Waals surface area contributed by atoms with Crippen molar-refractivity contribution in [2.75, 3.05) is 6.54 Å². The van der Waals surface area contributed by atoms with Crippen molar-refractivity contribution in [2.45, 2.75) is 47.0 Å². The van der Waals surface area contributed by atoms with E-state index in [2.05, 4.69) is 40.0 Å². The Morgan fingerprint density at radius 3 is 2.44 bits per heavy atom. The van der Waals surface area contributed by atoms with Crippen molar-refractivity contribution in [1.82, 2.24) is 4.98 Å². The first-order chi connectivity index (χ1) is 7.33. The molecule has 92 valence electrons. The number of thiazole rings is 1. The maximum Gasteiger partial charge on any atom is 0.0933 e. The first-order valence-electron chi connectivity index (χ1n) is 5.98. The molecule has 1 atom stereocenters. The van der Waals surface area contributed by atoms with E-state index >= 15 is 0 Å². The molecule has 3 heteroatoms. The van der Waals surface area contributed by atoms with E-state index in [1.54, 1.807) is 11.3 Å². The first-order valence-corrected chi connectivity index (χ1v) is 6.86. The standard InChI is InChI=1S/C13H24N2S/c1-9(2)10(7-14)11-8-16-12(15-11)6-13(3,4)5/h8-10H,6-7,14H2,1-5H3. The molecule has 0 saturated carbocycles. The molecule has 1 rings (SSSR count). The zero-order valence-corrected chi connectivity index (χ0v) is 11.9. The molecule has 0 spiro atoms. The molecular formula is C13H24N2S. The van der Waals surface area contributed by atoms with Gasteiger partial charge in [0.15, 0.2) is 0 Å². The molecule has 0 aromatic carbocycles. The van der Waals surface area contributed by atoms with Crippen LogP contribution in [0.3, 0.4) is 0 Å². The van der Waals surface area contributed by atoms with Crippen LogP contribution in [0.25, 0.3) is 0 Å². The van der Waals surface area contributed by atoms with Gasteiger partial charge in [-0.1, -0.05) is 34.6 Å². The van der Waals surface area contributed by atoms with Crippen LogP contribution in [-0.2, 0) is 6.42 Å². The van der Waals surface area contributed by atoms with E-state index in [-0.39, 0.29) is 0 Å². The number of aromatic nitrogens is 1. The topological polar surface area (TPSA) is 38.9 Å². The second kappa shape index (κ2) is 5.28. The minimum atomic E-state index is 0.311. The Labute approximate surface area is 103 Å². The number of hydrogen-bond acceptors (Lipinski definition) is 3. The van der Waals surface area contributed by atoms with E-state index in [1.807, 2.05) is 0 Å². The maximum atomic E-state index is 5.81. The van der Waals surface area contributed by atoms with Gasteiger partial charge < -0.3 is 5.73 Å². The summed E-state index contributed by atoms with van der Waals surface area (Å²) in [6, 6.07) is 0. The summed E-state index contributed by atoms with van der Waals surface area (Å²) in [5, 5.41) is 3.42. The van der Waals surface area contributed by atoms with Crippen molar-refractivity contribution in [3.05, 3.63) is 16.1 Å². The number of nitrogens with zero attached hydrogens (tertiary/aromatic N) is 1. The van der Waals surface area contributed by atoms with E-state index < -0.39 is 0 Å². The zero-order valence-electron chi connectivity index (χ0n) is 11.1. The molecule has 1 unspecified atom stereocenters. The van der Waals surface area contributed by atoms with Crippen LogP contribution >= 0.6 is 11.3 Å². The van der Waals surface area contributed by atoms with Crippen LogP contribution in [0.4, 0.5) is 0 Å². The highest BCUT2D eigenvalue weighted by molar-refractivity contribution is 7.09. The van der Waals surface area contributed by atoms with E-state index in [0.29, 0.717) is 23.8 Å². The van der Waals surface area contributed by atoms with Crippen LogP contribution in [0.15, 0.2) is 5.38 Å². The van der Waals surface area contributed by atoms with Gasteiger partial charge in [-0.2, -0.15) is 0 Å². The van der Waals surface area contributed by atoms with Gasteiger partial charge in [0.05, 0.1) is 10.7 Å². The second-order valence-electron chi connectivity index (χ2n) is 5.99. The summed E-state index contributed by atoms with van der Waals surface area (Å²) in [5.74, 6) is 0.972. The Kier molecular flexibility index (Phi) is 4.51. The average Bonchev–Trinajstić information content (AvgIpc) is 2.50. The molecule has 16 heavy (non-hydrogen) atoms. The van der Waals surface area contributed by atoms with Crippen molar-refractivity contribution in [3.8, 4) is 0 Å². The van der Waals surface area contributed by atoms with Gasteiger partial charge in [-0.05, 0) is 11.3 Å². The molecule has 0 aliphatic carbocycles. The quantitative estimate of drug-likeness (QED) is 0.875. The summed E-state index contributed by atoms with van der Waals surface area (Å²) in [6.45, 7) is 11.8. The van der Waals surface area contributed by atoms with Gasteiger partial charge in [-0.25, -0.2) is 4.98 Å². The lowest BCUT2D eigenvalue weighted by atomic mass is 9.92. The number of hydrogen-bond donors (Lipinski definition) is 1. The Morgan fingerprint density at radius 2 is 2.00 bits per heavy atom. The van der Waals surface area contributed by atoms with Crippen LogP contribution < -0.4 is 5.73 Å². The van der Waals surface area contributed by atoms with Gasteiger partial charge in [-0.3, -0.25) is 0 Å². The van der Waals surface area contributed by atoms with Crippen LogP contribution in [0.1, 0.15) is 51.2 Å². The molecule has 0 amide bonds. The lowest BCUT2D eigenvalue weighted by Gasteiger charge is -2.17. The highest BCUT2D eigenvalue weighted by atomic mass is 32.1. The van der Waals surface area contributed by atoms with E-state index in [9.17, 15) is 0 Å². The molecule has 1 heterocycles. The van der Waals surface area contributed by atoms with Crippen molar-refractivity contribution < 1.29 is 0 Å². The summed E-state index contributed by atoms with van der Waals surface area (Å²) in [4.78, 5) is 4.73. The monoisotopic (exact) mass is 240 g/mol. The highest BCUT2D eigenvalue weighted by Crippen LogP contribution is 2.28. The largest absolute Gasteiger partial charge is 0.330 e. The molecule has 2 nitrogen and oxygen atoms in total. The van der Waals surface area contributed by atoms with Gasteiger partial charge in [0, 0.05) is 24.3 Å². The predicted octanol–water partition coefficient (Wildman–Crippen LogP) is 3.43. The van der Waals surface area contributed by atoms with Gasteiger partial charge >= 0.3 is 0 Å². The molecule has 0 fully saturated rings. The van der Waals surface area contributed by atoms with Crippen molar-refractivity contribution in [3.63, 3.8) is 0 Å². The normalized spacial score (nSPS) is 14.4. The summed E-state index contributed by atoms with van der Waals surface area (Å²) < 4.78 is 0. The zero-order chi connectivity index (χ0) is 12.3. The van der Waals surface area contributed by atoms with Crippen LogP contribution in [-0.4, -0.2) is 11.5 Å². The van der Waals surface area contributed by atoms with Gasteiger partial charge in [0.2, 0.25) is 0 Å². The van der Waals surface area contributed by atoms with Crippen molar-refractivity contribution in [1.29, 1.82) is 0 Å². The summed E-state index contributed by atoms with van der Waals surface area (Å²) in [7, 11) is 0. The minimum absolute atomic E-state index is 0.311. The van der Waals surface area contributed by atoms with E-state index in [4.69, 9.17) is 10.7 Å². The molecule has 2 N–H and O–H groups in total. The molecule has 0 aliphatic rings. The predicted molar refractivity (Wildman–Crippen MR) is 71.9 cm³/mol. The van der Waals surface area contributed by atoms with Crippen LogP contribution in [0.5, 0.6) is 0 Å². The molecule has 0 bridgehead atoms. The molecular weight excluding hydrogens is 216 g/mol. The Balaban J connectivity index is 2.78. The van der Waals surface area contributed by atoms with Gasteiger partial charge in [0.25, 0.3) is 0 Å². The Morgan fingerprint density at radius 1 is 1.38 bits per heavy atom. The first kappa shape index (κ1) is 13.7. The fourth-order valence-electron chi connectivity index (χ4n) is 1.76. The average molecular weight is 240 g/mol. The third-order valence-electron chi connectivity index (χ3n) is 2.69. The van der Waals surface area contributed by atoms with Crippen molar-refractivity contribution >= 4 is 11.3 Å². The Hall–Kier alpha value is -0.410. The molecule has 0 saturated heterocycles.